The predicted molar refractivity (Wildman–Crippen MR) is 188 cm³/mol. The van der Waals surface area contributed by atoms with E-state index in [4.69, 9.17) is 14.7 Å². The standard InChI is InChI=1S/C31H36BrN12O2P/c1-42-18-19(14-37-42)21-13-25(30(46-2)41-29(21)44-11-9-43(10-12-44)20-15-33-16-20)39-31-36-17-22(32)28(40-31)38-24-6-5-23-26(35-8-7-34-23)27(24)47(3,4)45/h5-8,13-14,17-18,20,33H,9-12,15-16H2,1-4H3,(H2,36,38,39,40). The maximum absolute atomic E-state index is 13.5. The Hall–Kier alpha value is -4.17. The molecule has 0 radical (unpaired) electrons. The number of nitrogens with zero attached hydrogens (tertiary/aromatic N) is 9. The molecule has 244 valence electrons. The van der Waals surface area contributed by atoms with Crippen molar-refractivity contribution in [3.63, 3.8) is 0 Å². The van der Waals surface area contributed by atoms with Crippen LogP contribution in [0, 0.1) is 0 Å². The second kappa shape index (κ2) is 12.8. The van der Waals surface area contributed by atoms with Crippen molar-refractivity contribution in [2.75, 3.05) is 75.2 Å². The number of pyridine rings is 1. The molecule has 2 aliphatic heterocycles. The van der Waals surface area contributed by atoms with Crippen LogP contribution < -0.4 is 30.9 Å². The molecule has 14 nitrogen and oxygen atoms in total. The maximum atomic E-state index is 13.5. The van der Waals surface area contributed by atoms with Crippen LogP contribution in [0.4, 0.5) is 29.0 Å². The van der Waals surface area contributed by atoms with E-state index in [0.717, 1.165) is 56.2 Å². The molecule has 0 bridgehead atoms. The van der Waals surface area contributed by atoms with Crippen LogP contribution in [0.25, 0.3) is 22.2 Å². The van der Waals surface area contributed by atoms with E-state index in [0.29, 0.717) is 55.9 Å². The van der Waals surface area contributed by atoms with Crippen molar-refractivity contribution in [3.8, 4) is 17.0 Å². The Morgan fingerprint density at radius 1 is 1.00 bits per heavy atom. The highest BCUT2D eigenvalue weighted by molar-refractivity contribution is 9.10. The SMILES string of the molecule is COc1nc(N2CCN(C3CNC3)CC2)c(-c2cnn(C)c2)cc1Nc1ncc(Br)c(Nc2ccc3nccnc3c2P(C)(C)=O)n1. The van der Waals surface area contributed by atoms with Gasteiger partial charge < -0.3 is 30.2 Å². The summed E-state index contributed by atoms with van der Waals surface area (Å²) in [5.74, 6) is 2.08. The van der Waals surface area contributed by atoms with Crippen molar-refractivity contribution in [2.24, 2.45) is 7.05 Å². The van der Waals surface area contributed by atoms with E-state index < -0.39 is 7.14 Å². The molecular formula is C31H36BrN12O2P. The smallest absolute Gasteiger partial charge is 0.239 e. The Morgan fingerprint density at radius 2 is 1.79 bits per heavy atom. The first-order valence-electron chi connectivity index (χ1n) is 15.3. The predicted octanol–water partition coefficient (Wildman–Crippen LogP) is 3.82. The number of benzene rings is 1. The lowest BCUT2D eigenvalue weighted by Crippen LogP contribution is -2.61. The largest absolute Gasteiger partial charge is 0.479 e. The highest BCUT2D eigenvalue weighted by atomic mass is 79.9. The molecule has 47 heavy (non-hydrogen) atoms. The van der Waals surface area contributed by atoms with Gasteiger partial charge in [0.1, 0.15) is 30.0 Å². The number of piperazine rings is 1. The summed E-state index contributed by atoms with van der Waals surface area (Å²) in [5.41, 5.74) is 4.38. The topological polar surface area (TPSA) is 151 Å². The lowest BCUT2D eigenvalue weighted by Gasteiger charge is -2.43. The third-order valence-corrected chi connectivity index (χ3v) is 10.6. The summed E-state index contributed by atoms with van der Waals surface area (Å²) in [4.78, 5) is 28.1. The number of anilines is 5. The summed E-state index contributed by atoms with van der Waals surface area (Å²) in [6, 6.07) is 6.33. The highest BCUT2D eigenvalue weighted by Crippen LogP contribution is 2.42. The molecular weight excluding hydrogens is 683 g/mol. The number of aryl methyl sites for hydroxylation is 1. The van der Waals surface area contributed by atoms with Gasteiger partial charge in [0, 0.05) is 88.3 Å². The monoisotopic (exact) mass is 718 g/mol. The van der Waals surface area contributed by atoms with Crippen molar-refractivity contribution in [3.05, 3.63) is 53.7 Å². The first-order chi connectivity index (χ1) is 22.7. The van der Waals surface area contributed by atoms with Gasteiger partial charge in [-0.3, -0.25) is 19.5 Å². The number of aromatic nitrogens is 7. The van der Waals surface area contributed by atoms with Crippen LogP contribution in [0.2, 0.25) is 0 Å². The van der Waals surface area contributed by atoms with Crippen LogP contribution in [-0.2, 0) is 11.6 Å². The summed E-state index contributed by atoms with van der Waals surface area (Å²) < 4.78 is 21.7. The fraction of sp³-hybridized carbons (Fsp3) is 0.355. The van der Waals surface area contributed by atoms with Crippen LogP contribution in [-0.4, -0.2) is 105 Å². The van der Waals surface area contributed by atoms with Crippen LogP contribution >= 0.6 is 23.1 Å². The molecule has 2 aliphatic rings. The average molecular weight is 720 g/mol. The first kappa shape index (κ1) is 31.4. The molecule has 2 fully saturated rings. The third kappa shape index (κ3) is 6.40. The Labute approximate surface area is 280 Å². The summed E-state index contributed by atoms with van der Waals surface area (Å²) in [5, 5.41) is 15.1. The molecule has 1 aromatic carbocycles. The Balaban J connectivity index is 1.21. The second-order valence-electron chi connectivity index (χ2n) is 12.0. The third-order valence-electron chi connectivity index (χ3n) is 8.46. The number of nitrogens with one attached hydrogen (secondary N) is 3. The number of hydrogen-bond donors (Lipinski definition) is 3. The molecule has 4 aromatic heterocycles. The van der Waals surface area contributed by atoms with Gasteiger partial charge in [-0.15, -0.1) is 0 Å². The van der Waals surface area contributed by atoms with Gasteiger partial charge in [-0.05, 0) is 47.5 Å². The van der Waals surface area contributed by atoms with Gasteiger partial charge in [-0.1, -0.05) is 0 Å². The van der Waals surface area contributed by atoms with Crippen LogP contribution in [0.3, 0.4) is 0 Å². The van der Waals surface area contributed by atoms with Gasteiger partial charge in [0.15, 0.2) is 0 Å². The zero-order valence-electron chi connectivity index (χ0n) is 26.6. The van der Waals surface area contributed by atoms with Crippen molar-refractivity contribution in [2.45, 2.75) is 6.04 Å². The fourth-order valence-electron chi connectivity index (χ4n) is 6.01. The molecule has 0 unspecified atom stereocenters. The van der Waals surface area contributed by atoms with Crippen LogP contribution in [0.5, 0.6) is 5.88 Å². The molecule has 2 saturated heterocycles. The van der Waals surface area contributed by atoms with Crippen molar-refractivity contribution < 1.29 is 9.30 Å². The van der Waals surface area contributed by atoms with Gasteiger partial charge in [0.25, 0.3) is 0 Å². The molecule has 16 heteroatoms. The molecule has 6 heterocycles. The fourth-order valence-corrected chi connectivity index (χ4v) is 7.69. The summed E-state index contributed by atoms with van der Waals surface area (Å²) in [7, 11) is 0.740. The molecule has 3 N–H and O–H groups in total. The van der Waals surface area contributed by atoms with E-state index in [1.165, 1.54) is 0 Å². The van der Waals surface area contributed by atoms with Gasteiger partial charge in [0.05, 0.1) is 34.3 Å². The normalized spacial score (nSPS) is 15.9. The minimum Gasteiger partial charge on any atom is -0.479 e. The minimum atomic E-state index is -2.77. The first-order valence-corrected chi connectivity index (χ1v) is 18.7. The summed E-state index contributed by atoms with van der Waals surface area (Å²) in [6.07, 6.45) is 8.71. The average Bonchev–Trinajstić information content (AvgIpc) is 3.47. The summed E-state index contributed by atoms with van der Waals surface area (Å²) in [6.45, 7) is 9.23. The molecule has 0 saturated carbocycles. The quantitative estimate of drug-likeness (QED) is 0.190. The van der Waals surface area contributed by atoms with Gasteiger partial charge in [0.2, 0.25) is 11.8 Å². The Kier molecular flexibility index (Phi) is 8.56. The Bertz CT molecular complexity index is 1990. The van der Waals surface area contributed by atoms with E-state index in [1.54, 1.807) is 43.7 Å². The zero-order chi connectivity index (χ0) is 32.7. The maximum Gasteiger partial charge on any atom is 0.239 e. The molecule has 5 aromatic rings. The van der Waals surface area contributed by atoms with Gasteiger partial charge >= 0.3 is 0 Å². The van der Waals surface area contributed by atoms with E-state index in [2.05, 4.69) is 61.7 Å². The van der Waals surface area contributed by atoms with E-state index >= 15 is 0 Å². The number of fused-ring (bicyclic) bond motifs is 1. The number of ether oxygens (including phenoxy) is 1. The number of methoxy groups -OCH3 is 1. The minimum absolute atomic E-state index is 0.321. The van der Waals surface area contributed by atoms with Crippen molar-refractivity contribution in [1.82, 2.24) is 44.9 Å². The molecule has 0 amide bonds. The van der Waals surface area contributed by atoms with E-state index in [1.807, 2.05) is 37.6 Å². The molecule has 0 atom stereocenters. The number of hydrogen-bond acceptors (Lipinski definition) is 13. The van der Waals surface area contributed by atoms with Crippen molar-refractivity contribution >= 4 is 68.4 Å². The van der Waals surface area contributed by atoms with Gasteiger partial charge in [-0.2, -0.15) is 15.1 Å². The lowest BCUT2D eigenvalue weighted by atomic mass is 10.1. The Morgan fingerprint density at radius 3 is 2.47 bits per heavy atom. The summed E-state index contributed by atoms with van der Waals surface area (Å²) >= 11 is 3.57. The molecule has 0 aliphatic carbocycles. The number of halogens is 1. The van der Waals surface area contributed by atoms with E-state index in [-0.39, 0.29) is 0 Å². The zero-order valence-corrected chi connectivity index (χ0v) is 29.1. The van der Waals surface area contributed by atoms with Crippen molar-refractivity contribution in [1.29, 1.82) is 0 Å². The number of rotatable bonds is 9. The lowest BCUT2D eigenvalue weighted by molar-refractivity contribution is 0.137. The van der Waals surface area contributed by atoms with Crippen LogP contribution in [0.15, 0.2) is 53.7 Å². The van der Waals surface area contributed by atoms with Gasteiger partial charge in [-0.25, -0.2) is 4.98 Å². The van der Waals surface area contributed by atoms with E-state index in [9.17, 15) is 4.57 Å². The molecule has 0 spiro atoms. The second-order valence-corrected chi connectivity index (χ2v) is 16.0. The van der Waals surface area contributed by atoms with Crippen LogP contribution in [0.1, 0.15) is 0 Å². The molecule has 7 rings (SSSR count). The highest BCUT2D eigenvalue weighted by Gasteiger charge is 2.30.